The van der Waals surface area contributed by atoms with Crippen LogP contribution in [0.2, 0.25) is 0 Å². The van der Waals surface area contributed by atoms with E-state index in [4.69, 9.17) is 0 Å². The molecule has 0 spiro atoms. The molecular formula is C15H32. The van der Waals surface area contributed by atoms with Crippen LogP contribution in [0.5, 0.6) is 0 Å². The van der Waals surface area contributed by atoms with Crippen molar-refractivity contribution in [1.82, 2.24) is 0 Å². The molecule has 0 N–H and O–H groups in total. The smallest absolute Gasteiger partial charge is 0.0321 e. The molecule has 0 aliphatic heterocycles. The summed E-state index contributed by atoms with van der Waals surface area (Å²) in [4.78, 5) is 0. The molecule has 0 saturated carbocycles. The average Bonchev–Trinajstić information content (AvgIpc) is 2.00. The Labute approximate surface area is 97.8 Å². The molecule has 1 unspecified atom stereocenters. The largest absolute Gasteiger partial charge is 0.0625 e. The summed E-state index contributed by atoms with van der Waals surface area (Å²) in [6, 6.07) is 0. The standard InChI is InChI=1S/C15H32/c1-11(2)13(5)15(8,9)10-14(6,7)12(3)4/h11-13H,10H2,1-9H3. The molecule has 0 aliphatic rings. The summed E-state index contributed by atoms with van der Waals surface area (Å²) >= 11 is 0. The van der Waals surface area contributed by atoms with Crippen LogP contribution < -0.4 is 0 Å². The van der Waals surface area contributed by atoms with Crippen molar-refractivity contribution in [2.45, 2.75) is 68.7 Å². The summed E-state index contributed by atoms with van der Waals surface area (Å²) in [5.74, 6) is 2.33. The molecule has 0 heterocycles. The van der Waals surface area contributed by atoms with E-state index in [0.29, 0.717) is 10.8 Å². The van der Waals surface area contributed by atoms with E-state index in [2.05, 4.69) is 62.3 Å². The van der Waals surface area contributed by atoms with Crippen molar-refractivity contribution in [3.05, 3.63) is 0 Å². The Morgan fingerprint density at radius 1 is 0.733 bits per heavy atom. The molecule has 0 aliphatic carbocycles. The van der Waals surface area contributed by atoms with Crippen molar-refractivity contribution in [3.8, 4) is 0 Å². The molecule has 0 radical (unpaired) electrons. The number of hydrogen-bond acceptors (Lipinski definition) is 0. The lowest BCUT2D eigenvalue weighted by Crippen LogP contribution is -2.33. The van der Waals surface area contributed by atoms with Crippen LogP contribution in [-0.2, 0) is 0 Å². The zero-order chi connectivity index (χ0) is 12.4. The third-order valence-electron chi connectivity index (χ3n) is 4.71. The fraction of sp³-hybridized carbons (Fsp3) is 1.00. The Kier molecular flexibility index (Phi) is 4.89. The van der Waals surface area contributed by atoms with E-state index in [1.54, 1.807) is 0 Å². The van der Waals surface area contributed by atoms with Gasteiger partial charge in [-0.25, -0.2) is 0 Å². The van der Waals surface area contributed by atoms with E-state index in [9.17, 15) is 0 Å². The topological polar surface area (TPSA) is 0 Å². The van der Waals surface area contributed by atoms with E-state index in [1.807, 2.05) is 0 Å². The second kappa shape index (κ2) is 4.89. The molecule has 0 aromatic heterocycles. The Balaban J connectivity index is 4.63. The molecular weight excluding hydrogens is 180 g/mol. The molecule has 0 nitrogen and oxygen atoms in total. The fourth-order valence-electron chi connectivity index (χ4n) is 2.44. The van der Waals surface area contributed by atoms with Crippen LogP contribution in [0, 0.1) is 28.6 Å². The van der Waals surface area contributed by atoms with E-state index >= 15 is 0 Å². The highest BCUT2D eigenvalue weighted by Crippen LogP contribution is 2.44. The lowest BCUT2D eigenvalue weighted by molar-refractivity contribution is 0.0742. The lowest BCUT2D eigenvalue weighted by atomic mass is 9.63. The first-order valence-electron chi connectivity index (χ1n) is 6.50. The molecule has 0 bridgehead atoms. The van der Waals surface area contributed by atoms with Gasteiger partial charge in [-0.15, -0.1) is 0 Å². The maximum absolute atomic E-state index is 2.43. The molecule has 15 heavy (non-hydrogen) atoms. The van der Waals surface area contributed by atoms with Gasteiger partial charge in [-0.3, -0.25) is 0 Å². The predicted molar refractivity (Wildman–Crippen MR) is 71.0 cm³/mol. The fourth-order valence-corrected chi connectivity index (χ4v) is 2.44. The number of hydrogen-bond donors (Lipinski definition) is 0. The summed E-state index contributed by atoms with van der Waals surface area (Å²) < 4.78 is 0. The second-order valence-corrected chi connectivity index (χ2v) is 7.34. The molecule has 0 aromatic carbocycles. The summed E-state index contributed by atoms with van der Waals surface area (Å²) in [5, 5.41) is 0. The van der Waals surface area contributed by atoms with Crippen LogP contribution in [0.4, 0.5) is 0 Å². The highest BCUT2D eigenvalue weighted by atomic mass is 14.4. The van der Waals surface area contributed by atoms with Gasteiger partial charge in [-0.1, -0.05) is 62.3 Å². The Morgan fingerprint density at radius 3 is 1.40 bits per heavy atom. The minimum Gasteiger partial charge on any atom is -0.0625 e. The maximum Gasteiger partial charge on any atom is -0.0321 e. The third-order valence-corrected chi connectivity index (χ3v) is 4.71. The van der Waals surface area contributed by atoms with Crippen LogP contribution in [0.3, 0.4) is 0 Å². The van der Waals surface area contributed by atoms with Crippen molar-refractivity contribution in [1.29, 1.82) is 0 Å². The van der Waals surface area contributed by atoms with E-state index in [1.165, 1.54) is 6.42 Å². The molecule has 0 aromatic rings. The quantitative estimate of drug-likeness (QED) is 0.574. The highest BCUT2D eigenvalue weighted by molar-refractivity contribution is 4.85. The third kappa shape index (κ3) is 4.17. The van der Waals surface area contributed by atoms with E-state index < -0.39 is 0 Å². The summed E-state index contributed by atoms with van der Waals surface area (Å²) in [6.07, 6.45) is 1.32. The van der Waals surface area contributed by atoms with Gasteiger partial charge in [0.2, 0.25) is 0 Å². The molecule has 0 heteroatoms. The Bertz CT molecular complexity index is 184. The van der Waals surface area contributed by atoms with Crippen molar-refractivity contribution in [2.75, 3.05) is 0 Å². The molecule has 0 saturated heterocycles. The van der Waals surface area contributed by atoms with Crippen LogP contribution in [0.15, 0.2) is 0 Å². The lowest BCUT2D eigenvalue weighted by Gasteiger charge is -2.42. The molecule has 92 valence electrons. The SMILES string of the molecule is CC(C)C(C)C(C)(C)CC(C)(C)C(C)C. The highest BCUT2D eigenvalue weighted by Gasteiger charge is 2.35. The van der Waals surface area contributed by atoms with Crippen LogP contribution in [-0.4, -0.2) is 0 Å². The molecule has 1 atom stereocenters. The first kappa shape index (κ1) is 15.0. The maximum atomic E-state index is 2.43. The van der Waals surface area contributed by atoms with Crippen LogP contribution >= 0.6 is 0 Å². The first-order chi connectivity index (χ1) is 6.50. The molecule has 0 fully saturated rings. The number of rotatable bonds is 5. The van der Waals surface area contributed by atoms with Crippen molar-refractivity contribution in [2.24, 2.45) is 28.6 Å². The van der Waals surface area contributed by atoms with Gasteiger partial charge >= 0.3 is 0 Å². The molecule has 0 amide bonds. The summed E-state index contributed by atoms with van der Waals surface area (Å²) in [5.41, 5.74) is 0.897. The van der Waals surface area contributed by atoms with E-state index in [-0.39, 0.29) is 0 Å². The van der Waals surface area contributed by atoms with Crippen LogP contribution in [0.25, 0.3) is 0 Å². The summed E-state index contributed by atoms with van der Waals surface area (Å²) in [7, 11) is 0. The van der Waals surface area contributed by atoms with Crippen LogP contribution in [0.1, 0.15) is 68.7 Å². The van der Waals surface area contributed by atoms with Gasteiger partial charge in [0.1, 0.15) is 0 Å². The van der Waals surface area contributed by atoms with Gasteiger partial charge in [0, 0.05) is 0 Å². The minimum atomic E-state index is 0.446. The van der Waals surface area contributed by atoms with Crippen molar-refractivity contribution >= 4 is 0 Å². The zero-order valence-corrected chi connectivity index (χ0v) is 12.4. The van der Waals surface area contributed by atoms with Gasteiger partial charge in [-0.2, -0.15) is 0 Å². The van der Waals surface area contributed by atoms with Gasteiger partial charge in [-0.05, 0) is 35.0 Å². The predicted octanol–water partition coefficient (Wildman–Crippen LogP) is 5.38. The van der Waals surface area contributed by atoms with Gasteiger partial charge < -0.3 is 0 Å². The first-order valence-corrected chi connectivity index (χ1v) is 6.50. The molecule has 0 rings (SSSR count). The van der Waals surface area contributed by atoms with Crippen molar-refractivity contribution < 1.29 is 0 Å². The van der Waals surface area contributed by atoms with Gasteiger partial charge in [0.25, 0.3) is 0 Å². The van der Waals surface area contributed by atoms with E-state index in [0.717, 1.165) is 17.8 Å². The zero-order valence-electron chi connectivity index (χ0n) is 12.4. The Hall–Kier alpha value is 0. The monoisotopic (exact) mass is 212 g/mol. The average molecular weight is 212 g/mol. The summed E-state index contributed by atoms with van der Waals surface area (Å²) in [6.45, 7) is 21.5. The second-order valence-electron chi connectivity index (χ2n) is 7.34. The van der Waals surface area contributed by atoms with Gasteiger partial charge in [0.05, 0.1) is 0 Å². The van der Waals surface area contributed by atoms with Gasteiger partial charge in [0.15, 0.2) is 0 Å². The Morgan fingerprint density at radius 2 is 1.13 bits per heavy atom. The van der Waals surface area contributed by atoms with Crippen molar-refractivity contribution in [3.63, 3.8) is 0 Å². The normalized spacial score (nSPS) is 16.2. The minimum absolute atomic E-state index is 0.446.